The van der Waals surface area contributed by atoms with Gasteiger partial charge in [0.2, 0.25) is 5.91 Å². The monoisotopic (exact) mass is 411 g/mol. The second-order valence-corrected chi connectivity index (χ2v) is 8.80. The maximum Gasteiger partial charge on any atom is 0.228 e. The van der Waals surface area contributed by atoms with Gasteiger partial charge in [-0.25, -0.2) is 4.39 Å². The van der Waals surface area contributed by atoms with Gasteiger partial charge >= 0.3 is 0 Å². The Morgan fingerprint density at radius 1 is 1.10 bits per heavy atom. The molecule has 6 nitrogen and oxygen atoms in total. The van der Waals surface area contributed by atoms with Crippen molar-refractivity contribution in [2.24, 2.45) is 11.8 Å². The van der Waals surface area contributed by atoms with Crippen LogP contribution in [0.15, 0.2) is 36.4 Å². The highest BCUT2D eigenvalue weighted by atomic mass is 19.1. The van der Waals surface area contributed by atoms with Crippen molar-refractivity contribution in [3.05, 3.63) is 47.9 Å². The van der Waals surface area contributed by atoms with E-state index in [9.17, 15) is 9.18 Å². The van der Waals surface area contributed by atoms with E-state index in [2.05, 4.69) is 28.9 Å². The van der Waals surface area contributed by atoms with Crippen molar-refractivity contribution in [1.29, 1.82) is 0 Å². The van der Waals surface area contributed by atoms with Gasteiger partial charge in [0, 0.05) is 44.8 Å². The van der Waals surface area contributed by atoms with Crippen LogP contribution < -0.4 is 5.73 Å². The van der Waals surface area contributed by atoms with Crippen LogP contribution in [-0.2, 0) is 11.2 Å². The van der Waals surface area contributed by atoms with E-state index < -0.39 is 0 Å². The highest BCUT2D eigenvalue weighted by molar-refractivity contribution is 5.80. The number of likely N-dealkylation sites (N-methyl/N-ethyl adjacent to an activating group) is 1. The van der Waals surface area contributed by atoms with E-state index >= 15 is 0 Å². The summed E-state index contributed by atoms with van der Waals surface area (Å²) < 4.78 is 13.2. The number of rotatable bonds is 6. The molecule has 4 rings (SSSR count). The number of carbonyl (C=O) groups is 1. The van der Waals surface area contributed by atoms with Gasteiger partial charge in [-0.1, -0.05) is 0 Å². The summed E-state index contributed by atoms with van der Waals surface area (Å²) in [6.07, 6.45) is 0.199. The SMILES string of the molecule is CN(C)CCN1CC2CN(C(=O)Cc3nc(-c4ccc(F)cc4)ccc3N)CC2C1. The van der Waals surface area contributed by atoms with Gasteiger partial charge in [-0.3, -0.25) is 9.78 Å². The molecule has 2 aliphatic heterocycles. The lowest BCUT2D eigenvalue weighted by atomic mass is 10.0. The van der Waals surface area contributed by atoms with Crippen molar-refractivity contribution in [2.45, 2.75) is 6.42 Å². The summed E-state index contributed by atoms with van der Waals surface area (Å²) >= 11 is 0. The molecule has 0 radical (unpaired) electrons. The summed E-state index contributed by atoms with van der Waals surface area (Å²) in [7, 11) is 4.20. The fraction of sp³-hybridized carbons (Fsp3) is 0.478. The van der Waals surface area contributed by atoms with Crippen LogP contribution in [-0.4, -0.2) is 79.0 Å². The maximum atomic E-state index is 13.2. The molecule has 7 heteroatoms. The Hall–Kier alpha value is -2.51. The second kappa shape index (κ2) is 8.70. The van der Waals surface area contributed by atoms with Crippen molar-refractivity contribution < 1.29 is 9.18 Å². The molecule has 1 amide bonds. The van der Waals surface area contributed by atoms with Gasteiger partial charge in [-0.15, -0.1) is 0 Å². The van der Waals surface area contributed by atoms with Crippen LogP contribution in [0.25, 0.3) is 11.3 Å². The molecule has 2 N–H and O–H groups in total. The van der Waals surface area contributed by atoms with Gasteiger partial charge in [0.15, 0.2) is 0 Å². The largest absolute Gasteiger partial charge is 0.397 e. The standard InChI is InChI=1S/C23H30FN5O/c1-27(2)9-10-28-12-17-14-29(15-18(17)13-28)23(30)11-22-20(25)7-8-21(26-22)16-3-5-19(24)6-4-16/h3-8,17-18H,9-15,25H2,1-2H3. The fourth-order valence-corrected chi connectivity index (χ4v) is 4.51. The number of aromatic nitrogens is 1. The van der Waals surface area contributed by atoms with Crippen LogP contribution >= 0.6 is 0 Å². The van der Waals surface area contributed by atoms with Crippen LogP contribution in [0.5, 0.6) is 0 Å². The first-order valence-electron chi connectivity index (χ1n) is 10.5. The lowest BCUT2D eigenvalue weighted by molar-refractivity contribution is -0.129. The molecule has 2 aliphatic rings. The van der Waals surface area contributed by atoms with Crippen LogP contribution in [0, 0.1) is 17.7 Å². The zero-order valence-electron chi connectivity index (χ0n) is 17.7. The number of benzene rings is 1. The zero-order chi connectivity index (χ0) is 21.3. The average Bonchev–Trinajstić information content (AvgIpc) is 3.27. The van der Waals surface area contributed by atoms with E-state index in [1.54, 1.807) is 24.3 Å². The number of pyridine rings is 1. The summed E-state index contributed by atoms with van der Waals surface area (Å²) in [6.45, 7) is 5.94. The smallest absolute Gasteiger partial charge is 0.228 e. The predicted octanol–water partition coefficient (Wildman–Crippen LogP) is 1.96. The Bertz CT molecular complexity index is 887. The number of likely N-dealkylation sites (tertiary alicyclic amines) is 2. The first-order chi connectivity index (χ1) is 14.4. The molecule has 1 aromatic heterocycles. The second-order valence-electron chi connectivity index (χ2n) is 8.80. The number of halogens is 1. The topological polar surface area (TPSA) is 65.7 Å². The molecule has 2 fully saturated rings. The summed E-state index contributed by atoms with van der Waals surface area (Å²) in [5.41, 5.74) is 8.71. The normalized spacial score (nSPS) is 21.4. The van der Waals surface area contributed by atoms with E-state index in [4.69, 9.17) is 5.73 Å². The number of nitrogens with two attached hydrogens (primary N) is 1. The minimum Gasteiger partial charge on any atom is -0.397 e. The number of anilines is 1. The zero-order valence-corrected chi connectivity index (χ0v) is 17.7. The number of hydrogen-bond acceptors (Lipinski definition) is 5. The van der Waals surface area contributed by atoms with E-state index in [0.717, 1.165) is 44.8 Å². The van der Waals surface area contributed by atoms with Crippen molar-refractivity contribution in [1.82, 2.24) is 19.7 Å². The van der Waals surface area contributed by atoms with Gasteiger partial charge < -0.3 is 20.4 Å². The minimum atomic E-state index is -0.288. The first kappa shape index (κ1) is 20.8. The molecule has 0 saturated carbocycles. The molecule has 2 saturated heterocycles. The van der Waals surface area contributed by atoms with Gasteiger partial charge in [0.25, 0.3) is 0 Å². The number of nitrogen functional groups attached to an aromatic ring is 1. The molecular weight excluding hydrogens is 381 g/mol. The molecule has 160 valence electrons. The average molecular weight is 412 g/mol. The molecule has 2 atom stereocenters. The van der Waals surface area contributed by atoms with Crippen LogP contribution in [0.1, 0.15) is 5.69 Å². The number of fused-ring (bicyclic) bond motifs is 1. The molecule has 2 unspecified atom stereocenters. The summed E-state index contributed by atoms with van der Waals surface area (Å²) in [4.78, 5) is 24.3. The minimum absolute atomic E-state index is 0.0831. The first-order valence-corrected chi connectivity index (χ1v) is 10.5. The third-order valence-corrected chi connectivity index (χ3v) is 6.25. The summed E-state index contributed by atoms with van der Waals surface area (Å²) in [5, 5.41) is 0. The molecule has 0 aliphatic carbocycles. The Balaban J connectivity index is 1.37. The maximum absolute atomic E-state index is 13.2. The van der Waals surface area contributed by atoms with Crippen molar-refractivity contribution in [3.8, 4) is 11.3 Å². The molecule has 2 aromatic rings. The fourth-order valence-electron chi connectivity index (χ4n) is 4.51. The predicted molar refractivity (Wildman–Crippen MR) is 116 cm³/mol. The highest BCUT2D eigenvalue weighted by Crippen LogP contribution is 2.31. The molecule has 0 spiro atoms. The number of carbonyl (C=O) groups excluding carboxylic acids is 1. The lowest BCUT2D eigenvalue weighted by Gasteiger charge is -2.23. The number of nitrogens with zero attached hydrogens (tertiary/aromatic N) is 4. The van der Waals surface area contributed by atoms with Crippen LogP contribution in [0.4, 0.5) is 10.1 Å². The Morgan fingerprint density at radius 2 is 1.77 bits per heavy atom. The molecule has 30 heavy (non-hydrogen) atoms. The Labute approximate surface area is 177 Å². The van der Waals surface area contributed by atoms with Gasteiger partial charge in [-0.2, -0.15) is 0 Å². The molecule has 0 bridgehead atoms. The van der Waals surface area contributed by atoms with E-state index in [1.807, 2.05) is 4.90 Å². The van der Waals surface area contributed by atoms with Gasteiger partial charge in [0.05, 0.1) is 23.5 Å². The molecule has 1 aromatic carbocycles. The lowest BCUT2D eigenvalue weighted by Crippen LogP contribution is -2.36. The Kier molecular flexibility index (Phi) is 6.01. The third-order valence-electron chi connectivity index (χ3n) is 6.25. The highest BCUT2D eigenvalue weighted by Gasteiger charge is 2.41. The van der Waals surface area contributed by atoms with Crippen molar-refractivity contribution in [2.75, 3.05) is 59.1 Å². The summed E-state index contributed by atoms with van der Waals surface area (Å²) in [6, 6.07) is 9.76. The molecular formula is C23H30FN5O. The third kappa shape index (κ3) is 4.63. The van der Waals surface area contributed by atoms with E-state index in [-0.39, 0.29) is 18.1 Å². The number of hydrogen-bond donors (Lipinski definition) is 1. The number of amides is 1. The summed E-state index contributed by atoms with van der Waals surface area (Å²) in [5.74, 6) is 0.920. The van der Waals surface area contributed by atoms with E-state index in [0.29, 0.717) is 28.9 Å². The quantitative estimate of drug-likeness (QED) is 0.787. The Morgan fingerprint density at radius 3 is 2.40 bits per heavy atom. The van der Waals surface area contributed by atoms with E-state index in [1.165, 1.54) is 12.1 Å². The van der Waals surface area contributed by atoms with Crippen LogP contribution in [0.3, 0.4) is 0 Å². The van der Waals surface area contributed by atoms with Gasteiger partial charge in [-0.05, 0) is 62.3 Å². The van der Waals surface area contributed by atoms with Crippen molar-refractivity contribution >= 4 is 11.6 Å². The van der Waals surface area contributed by atoms with Crippen molar-refractivity contribution in [3.63, 3.8) is 0 Å². The molecule has 3 heterocycles. The van der Waals surface area contributed by atoms with Gasteiger partial charge in [0.1, 0.15) is 5.82 Å². The van der Waals surface area contributed by atoms with Crippen LogP contribution in [0.2, 0.25) is 0 Å².